The fraction of sp³-hybridized carbons (Fsp3) is 0.452. The molecule has 1 amide bonds. The highest BCUT2D eigenvalue weighted by Gasteiger charge is 2.22. The highest BCUT2D eigenvalue weighted by Crippen LogP contribution is 2.30. The Morgan fingerprint density at radius 2 is 1.74 bits per heavy atom. The lowest BCUT2D eigenvalue weighted by Gasteiger charge is -2.35. The first kappa shape index (κ1) is 26.9. The van der Waals surface area contributed by atoms with Gasteiger partial charge in [0.1, 0.15) is 23.7 Å². The summed E-state index contributed by atoms with van der Waals surface area (Å²) >= 11 is 0. The molecule has 0 bridgehead atoms. The third-order valence-corrected chi connectivity index (χ3v) is 7.40. The fourth-order valence-electron chi connectivity index (χ4n) is 5.25. The highest BCUT2D eigenvalue weighted by molar-refractivity contribution is 5.91. The average Bonchev–Trinajstić information content (AvgIpc) is 3.46. The van der Waals surface area contributed by atoms with Gasteiger partial charge in [0.2, 0.25) is 5.91 Å². The summed E-state index contributed by atoms with van der Waals surface area (Å²) in [6.07, 6.45) is 2.02. The van der Waals surface area contributed by atoms with Crippen LogP contribution in [0.4, 0.5) is 5.69 Å². The molecule has 0 saturated carbocycles. The number of carbonyl (C=O) groups excluding carboxylic acids is 1. The van der Waals surface area contributed by atoms with E-state index < -0.39 is 0 Å². The first-order valence-electron chi connectivity index (χ1n) is 14.0. The lowest BCUT2D eigenvalue weighted by molar-refractivity contribution is -0.122. The van der Waals surface area contributed by atoms with Crippen LogP contribution in [0.25, 0.3) is 22.4 Å². The number of hydrogen-bond donors (Lipinski definition) is 2. The minimum absolute atomic E-state index is 0.0169. The number of rotatable bonds is 7. The minimum atomic E-state index is 0.0169. The Morgan fingerprint density at radius 3 is 2.41 bits per heavy atom. The van der Waals surface area contributed by atoms with Gasteiger partial charge in [0.15, 0.2) is 0 Å². The summed E-state index contributed by atoms with van der Waals surface area (Å²) < 4.78 is 1.94. The van der Waals surface area contributed by atoms with Crippen molar-refractivity contribution in [1.82, 2.24) is 29.7 Å². The van der Waals surface area contributed by atoms with E-state index in [1.807, 2.05) is 31.5 Å². The van der Waals surface area contributed by atoms with Crippen molar-refractivity contribution in [3.05, 3.63) is 65.7 Å². The predicted molar refractivity (Wildman–Crippen MR) is 158 cm³/mol. The van der Waals surface area contributed by atoms with Gasteiger partial charge in [0.05, 0.1) is 16.9 Å². The number of amides is 1. The Bertz CT molecular complexity index is 1430. The van der Waals surface area contributed by atoms with Gasteiger partial charge in [-0.2, -0.15) is 0 Å². The summed E-state index contributed by atoms with van der Waals surface area (Å²) in [6.45, 7) is 17.5. The maximum atomic E-state index is 12.2. The maximum Gasteiger partial charge on any atom is 0.240 e. The van der Waals surface area contributed by atoms with Crippen molar-refractivity contribution in [3.8, 4) is 11.4 Å². The van der Waals surface area contributed by atoms with Crippen LogP contribution in [0.2, 0.25) is 0 Å². The zero-order valence-electron chi connectivity index (χ0n) is 24.1. The molecule has 0 radical (unpaired) electrons. The quantitative estimate of drug-likeness (QED) is 0.358. The van der Waals surface area contributed by atoms with Crippen LogP contribution in [-0.4, -0.2) is 62.5 Å². The zero-order valence-corrected chi connectivity index (χ0v) is 24.1. The van der Waals surface area contributed by atoms with Gasteiger partial charge in [-0.3, -0.25) is 9.69 Å². The summed E-state index contributed by atoms with van der Waals surface area (Å²) in [7, 11) is 0. The Labute approximate surface area is 231 Å². The number of piperazine rings is 1. The number of carbonyl (C=O) groups is 1. The molecule has 4 aromatic rings. The molecule has 0 spiro atoms. The number of H-pyrrole nitrogens is 1. The number of para-hydroxylation sites is 1. The number of nitrogens with one attached hydrogen (secondary N) is 2. The maximum absolute atomic E-state index is 12.2. The normalized spacial score (nSPS) is 14.9. The second kappa shape index (κ2) is 10.8. The molecule has 0 unspecified atom stereocenters. The molecule has 2 N–H and O–H groups in total. The van der Waals surface area contributed by atoms with Crippen molar-refractivity contribution in [1.29, 1.82) is 0 Å². The van der Waals surface area contributed by atoms with Crippen LogP contribution >= 0.6 is 0 Å². The number of benzene rings is 2. The van der Waals surface area contributed by atoms with E-state index in [-0.39, 0.29) is 17.4 Å². The smallest absolute Gasteiger partial charge is 0.240 e. The molecule has 1 aliphatic heterocycles. The van der Waals surface area contributed by atoms with Crippen LogP contribution in [0.15, 0.2) is 48.7 Å². The number of hydrogen-bond acceptors (Lipinski definition) is 5. The van der Waals surface area contributed by atoms with Gasteiger partial charge < -0.3 is 19.8 Å². The fourth-order valence-corrected chi connectivity index (χ4v) is 5.25. The van der Waals surface area contributed by atoms with Crippen LogP contribution in [-0.2, 0) is 23.3 Å². The van der Waals surface area contributed by atoms with E-state index in [4.69, 9.17) is 9.97 Å². The monoisotopic (exact) mass is 527 g/mol. The molecule has 8 nitrogen and oxygen atoms in total. The Morgan fingerprint density at radius 1 is 1.03 bits per heavy atom. The molecular weight excluding hydrogens is 486 g/mol. The molecule has 3 heterocycles. The molecule has 2 aromatic heterocycles. The van der Waals surface area contributed by atoms with E-state index in [2.05, 4.69) is 83.3 Å². The van der Waals surface area contributed by atoms with Gasteiger partial charge in [-0.25, -0.2) is 9.97 Å². The molecule has 39 heavy (non-hydrogen) atoms. The number of fused-ring (bicyclic) bond motifs is 1. The third-order valence-electron chi connectivity index (χ3n) is 7.40. The van der Waals surface area contributed by atoms with Crippen molar-refractivity contribution in [2.24, 2.45) is 0 Å². The summed E-state index contributed by atoms with van der Waals surface area (Å²) in [6, 6.07) is 15.3. The van der Waals surface area contributed by atoms with E-state index in [0.29, 0.717) is 6.54 Å². The van der Waals surface area contributed by atoms with Crippen LogP contribution < -0.4 is 10.2 Å². The van der Waals surface area contributed by atoms with Crippen molar-refractivity contribution in [2.45, 2.75) is 66.1 Å². The largest absolute Gasteiger partial charge is 0.367 e. The summed E-state index contributed by atoms with van der Waals surface area (Å²) in [5.41, 5.74) is 6.82. The Hall–Kier alpha value is -3.65. The van der Waals surface area contributed by atoms with E-state index >= 15 is 0 Å². The van der Waals surface area contributed by atoms with E-state index in [1.54, 1.807) is 0 Å². The summed E-state index contributed by atoms with van der Waals surface area (Å²) in [4.78, 5) is 30.3. The SMILES string of the molecule is Cc1nc(CN2CCN(c3cccc4[nH]c(-c5ccc(C(C)(C)C)cc5)nc34)CC2)cn1CC(=O)NC(C)C. The van der Waals surface area contributed by atoms with Crippen LogP contribution in [0.5, 0.6) is 0 Å². The van der Waals surface area contributed by atoms with Crippen LogP contribution in [0.1, 0.15) is 51.7 Å². The average molecular weight is 528 g/mol. The Kier molecular flexibility index (Phi) is 7.49. The number of aromatic nitrogens is 4. The lowest BCUT2D eigenvalue weighted by atomic mass is 9.87. The van der Waals surface area contributed by atoms with Crippen molar-refractivity contribution >= 4 is 22.6 Å². The zero-order chi connectivity index (χ0) is 27.7. The van der Waals surface area contributed by atoms with E-state index in [9.17, 15) is 4.79 Å². The molecule has 1 aliphatic rings. The second-order valence-electron chi connectivity index (χ2n) is 12.0. The minimum Gasteiger partial charge on any atom is -0.367 e. The van der Waals surface area contributed by atoms with Crippen molar-refractivity contribution in [2.75, 3.05) is 31.1 Å². The molecule has 0 atom stereocenters. The van der Waals surface area contributed by atoms with Gasteiger partial charge in [-0.05, 0) is 43.9 Å². The molecule has 206 valence electrons. The number of nitrogens with zero attached hydrogens (tertiary/aromatic N) is 5. The molecule has 2 aromatic carbocycles. The topological polar surface area (TPSA) is 82.1 Å². The summed E-state index contributed by atoms with van der Waals surface area (Å²) in [5, 5.41) is 2.95. The van der Waals surface area contributed by atoms with Gasteiger partial charge in [-0.1, -0.05) is 51.1 Å². The van der Waals surface area contributed by atoms with Crippen LogP contribution in [0, 0.1) is 6.92 Å². The highest BCUT2D eigenvalue weighted by atomic mass is 16.2. The third kappa shape index (κ3) is 6.17. The number of imidazole rings is 2. The predicted octanol–water partition coefficient (Wildman–Crippen LogP) is 4.88. The second-order valence-corrected chi connectivity index (χ2v) is 12.0. The van der Waals surface area contributed by atoms with Gasteiger partial charge in [0, 0.05) is 50.5 Å². The Balaban J connectivity index is 1.24. The molecule has 8 heteroatoms. The number of anilines is 1. The molecular formula is C31H41N7O. The first-order valence-corrected chi connectivity index (χ1v) is 14.0. The number of aryl methyl sites for hydroxylation is 1. The number of aromatic amines is 1. The molecule has 1 saturated heterocycles. The molecule has 1 fully saturated rings. The van der Waals surface area contributed by atoms with Crippen LogP contribution in [0.3, 0.4) is 0 Å². The molecule has 0 aliphatic carbocycles. The first-order chi connectivity index (χ1) is 18.6. The summed E-state index contributed by atoms with van der Waals surface area (Å²) in [5.74, 6) is 1.80. The van der Waals surface area contributed by atoms with Crippen molar-refractivity contribution in [3.63, 3.8) is 0 Å². The molecule has 5 rings (SSSR count). The van der Waals surface area contributed by atoms with Gasteiger partial charge in [-0.15, -0.1) is 0 Å². The van der Waals surface area contributed by atoms with Gasteiger partial charge >= 0.3 is 0 Å². The van der Waals surface area contributed by atoms with E-state index in [1.165, 1.54) is 11.3 Å². The van der Waals surface area contributed by atoms with Crippen molar-refractivity contribution < 1.29 is 4.79 Å². The van der Waals surface area contributed by atoms with Gasteiger partial charge in [0.25, 0.3) is 0 Å². The lowest BCUT2D eigenvalue weighted by Crippen LogP contribution is -2.46. The van der Waals surface area contributed by atoms with E-state index in [0.717, 1.165) is 66.7 Å². The standard InChI is InChI=1S/C31H41N7O/c1-21(2)32-28(39)20-38-19-25(33-22(38)3)18-36-14-16-37(17-15-36)27-9-7-8-26-29(27)35-30(34-26)23-10-12-24(13-11-23)31(4,5)6/h7-13,19,21H,14-18,20H2,1-6H3,(H,32,39)(H,34,35).